The number of nitrogens with one attached hydrogen (secondary N) is 1. The third-order valence-electron chi connectivity index (χ3n) is 4.15. The minimum Gasteiger partial charge on any atom is -0.478 e. The van der Waals surface area contributed by atoms with Crippen molar-refractivity contribution in [2.45, 2.75) is 45.2 Å². The Morgan fingerprint density at radius 1 is 1.40 bits per heavy atom. The van der Waals surface area contributed by atoms with Gasteiger partial charge >= 0.3 is 0 Å². The van der Waals surface area contributed by atoms with Crippen LogP contribution in [0.25, 0.3) is 0 Å². The quantitative estimate of drug-likeness (QED) is 0.829. The normalized spacial score (nSPS) is 14.8. The zero-order chi connectivity index (χ0) is 17.8. The maximum Gasteiger partial charge on any atom is 0.267 e. The molecule has 7 heteroatoms. The largest absolute Gasteiger partial charge is 0.478 e. The highest BCUT2D eigenvalue weighted by molar-refractivity contribution is 5.79. The van der Waals surface area contributed by atoms with Crippen molar-refractivity contribution in [3.8, 4) is 5.88 Å². The van der Waals surface area contributed by atoms with Crippen LogP contribution in [0.3, 0.4) is 0 Å². The topological polar surface area (TPSA) is 86.1 Å². The van der Waals surface area contributed by atoms with Gasteiger partial charge in [0.2, 0.25) is 11.8 Å². The Labute approximate surface area is 146 Å². The van der Waals surface area contributed by atoms with E-state index in [0.29, 0.717) is 24.9 Å². The summed E-state index contributed by atoms with van der Waals surface area (Å²) in [6.07, 6.45) is 3.83. The lowest BCUT2D eigenvalue weighted by atomic mass is 10.2. The number of rotatable bonds is 7. The van der Waals surface area contributed by atoms with Gasteiger partial charge in [0.05, 0.1) is 12.3 Å². The molecule has 1 aliphatic carbocycles. The Balaban J connectivity index is 1.66. The summed E-state index contributed by atoms with van der Waals surface area (Å²) < 4.78 is 6.61. The first-order valence-corrected chi connectivity index (χ1v) is 8.53. The van der Waals surface area contributed by atoms with Crippen molar-refractivity contribution in [2.75, 3.05) is 6.61 Å². The molecule has 0 unspecified atom stereocenters. The first-order chi connectivity index (χ1) is 12.1. The predicted molar refractivity (Wildman–Crippen MR) is 92.4 cm³/mol. The number of ether oxygens (including phenoxy) is 1. The first-order valence-electron chi connectivity index (χ1n) is 8.53. The summed E-state index contributed by atoms with van der Waals surface area (Å²) in [6, 6.07) is 6.17. The Kier molecular flexibility index (Phi) is 5.11. The van der Waals surface area contributed by atoms with Gasteiger partial charge < -0.3 is 10.1 Å². The molecule has 0 aromatic carbocycles. The second-order valence-electron chi connectivity index (χ2n) is 6.14. The second kappa shape index (κ2) is 7.46. The number of hydrogen-bond acceptors (Lipinski definition) is 5. The minimum atomic E-state index is -0.667. The van der Waals surface area contributed by atoms with E-state index < -0.39 is 6.04 Å². The van der Waals surface area contributed by atoms with Gasteiger partial charge in [0, 0.05) is 30.8 Å². The van der Waals surface area contributed by atoms with Crippen LogP contribution >= 0.6 is 0 Å². The monoisotopic (exact) mass is 342 g/mol. The van der Waals surface area contributed by atoms with E-state index in [-0.39, 0.29) is 11.5 Å². The highest BCUT2D eigenvalue weighted by Crippen LogP contribution is 2.38. The Morgan fingerprint density at radius 3 is 2.92 bits per heavy atom. The molecule has 0 radical (unpaired) electrons. The molecule has 3 rings (SSSR count). The van der Waals surface area contributed by atoms with E-state index in [1.807, 2.05) is 13.0 Å². The van der Waals surface area contributed by atoms with Crippen LogP contribution < -0.4 is 15.6 Å². The van der Waals surface area contributed by atoms with E-state index in [4.69, 9.17) is 4.74 Å². The minimum absolute atomic E-state index is 0.252. The van der Waals surface area contributed by atoms with Gasteiger partial charge in [0.1, 0.15) is 6.04 Å². The molecule has 0 spiro atoms. The number of aromatic nitrogens is 3. The van der Waals surface area contributed by atoms with Gasteiger partial charge in [-0.3, -0.25) is 9.59 Å². The molecule has 2 heterocycles. The van der Waals surface area contributed by atoms with Crippen molar-refractivity contribution < 1.29 is 9.53 Å². The van der Waals surface area contributed by atoms with E-state index in [0.717, 1.165) is 24.1 Å². The predicted octanol–water partition coefficient (Wildman–Crippen LogP) is 1.79. The molecular formula is C18H22N4O3. The maximum atomic E-state index is 12.4. The summed E-state index contributed by atoms with van der Waals surface area (Å²) in [4.78, 5) is 28.6. The van der Waals surface area contributed by atoms with Gasteiger partial charge in [-0.15, -0.1) is 0 Å². The van der Waals surface area contributed by atoms with Crippen LogP contribution in [0.4, 0.5) is 0 Å². The van der Waals surface area contributed by atoms with Crippen LogP contribution in [-0.4, -0.2) is 27.3 Å². The third-order valence-corrected chi connectivity index (χ3v) is 4.15. The SMILES string of the molecule is CCOc1cc(CNC(=O)[C@@H](C)n2nc(C3CC3)ccc2=O)ccn1. The molecule has 7 nitrogen and oxygen atoms in total. The molecule has 0 bridgehead atoms. The summed E-state index contributed by atoms with van der Waals surface area (Å²) in [5.41, 5.74) is 1.50. The van der Waals surface area contributed by atoms with Gasteiger partial charge in [-0.25, -0.2) is 9.67 Å². The average Bonchev–Trinajstić information content (AvgIpc) is 3.45. The fraction of sp³-hybridized carbons (Fsp3) is 0.444. The number of nitrogens with zero attached hydrogens (tertiary/aromatic N) is 3. The van der Waals surface area contributed by atoms with Crippen molar-refractivity contribution in [2.24, 2.45) is 0 Å². The van der Waals surface area contributed by atoms with Gasteiger partial charge in [-0.2, -0.15) is 5.10 Å². The molecule has 1 fully saturated rings. The fourth-order valence-corrected chi connectivity index (χ4v) is 2.55. The van der Waals surface area contributed by atoms with Crippen LogP contribution in [0.15, 0.2) is 35.3 Å². The van der Waals surface area contributed by atoms with Crippen LogP contribution in [0.2, 0.25) is 0 Å². The van der Waals surface area contributed by atoms with Gasteiger partial charge in [0.15, 0.2) is 0 Å². The molecule has 0 aliphatic heterocycles. The molecule has 1 atom stereocenters. The highest BCUT2D eigenvalue weighted by Gasteiger charge is 2.27. The Morgan fingerprint density at radius 2 is 2.20 bits per heavy atom. The standard InChI is InChI=1S/C18H22N4O3/c1-3-25-16-10-13(8-9-19-16)11-20-18(24)12(2)22-17(23)7-6-15(21-22)14-4-5-14/h6-10,12,14H,3-5,11H2,1-2H3,(H,20,24)/t12-/m1/s1. The fourth-order valence-electron chi connectivity index (χ4n) is 2.55. The van der Waals surface area contributed by atoms with Gasteiger partial charge in [0.25, 0.3) is 5.56 Å². The second-order valence-corrected chi connectivity index (χ2v) is 6.14. The highest BCUT2D eigenvalue weighted by atomic mass is 16.5. The first kappa shape index (κ1) is 17.1. The van der Waals surface area contributed by atoms with E-state index in [1.54, 1.807) is 25.3 Å². The van der Waals surface area contributed by atoms with Crippen molar-refractivity contribution in [1.82, 2.24) is 20.1 Å². The van der Waals surface area contributed by atoms with E-state index in [2.05, 4.69) is 15.4 Å². The van der Waals surface area contributed by atoms with E-state index in [1.165, 1.54) is 10.7 Å². The zero-order valence-corrected chi connectivity index (χ0v) is 14.4. The van der Waals surface area contributed by atoms with Crippen LogP contribution in [-0.2, 0) is 11.3 Å². The van der Waals surface area contributed by atoms with E-state index in [9.17, 15) is 9.59 Å². The van der Waals surface area contributed by atoms with Gasteiger partial charge in [-0.1, -0.05) is 0 Å². The number of amides is 1. The Hall–Kier alpha value is -2.70. The molecule has 2 aromatic heterocycles. The maximum absolute atomic E-state index is 12.4. The molecule has 2 aromatic rings. The van der Waals surface area contributed by atoms with Crippen LogP contribution in [0, 0.1) is 0 Å². The lowest BCUT2D eigenvalue weighted by molar-refractivity contribution is -0.124. The molecular weight excluding hydrogens is 320 g/mol. The van der Waals surface area contributed by atoms with Crippen molar-refractivity contribution in [3.63, 3.8) is 0 Å². The third kappa shape index (κ3) is 4.23. The van der Waals surface area contributed by atoms with Crippen LogP contribution in [0.5, 0.6) is 5.88 Å². The smallest absolute Gasteiger partial charge is 0.267 e. The lowest BCUT2D eigenvalue weighted by Crippen LogP contribution is -2.37. The number of carbonyl (C=O) groups is 1. The van der Waals surface area contributed by atoms with Crippen LogP contribution in [0.1, 0.15) is 49.9 Å². The molecule has 1 saturated carbocycles. The summed E-state index contributed by atoms with van der Waals surface area (Å²) in [7, 11) is 0. The summed E-state index contributed by atoms with van der Waals surface area (Å²) >= 11 is 0. The number of pyridine rings is 1. The van der Waals surface area contributed by atoms with Crippen molar-refractivity contribution >= 4 is 5.91 Å². The van der Waals surface area contributed by atoms with E-state index >= 15 is 0 Å². The molecule has 0 saturated heterocycles. The van der Waals surface area contributed by atoms with Gasteiger partial charge in [-0.05, 0) is 44.4 Å². The number of hydrogen-bond donors (Lipinski definition) is 1. The zero-order valence-electron chi connectivity index (χ0n) is 14.4. The molecule has 132 valence electrons. The molecule has 1 amide bonds. The molecule has 25 heavy (non-hydrogen) atoms. The number of carbonyl (C=O) groups excluding carboxylic acids is 1. The van der Waals surface area contributed by atoms with Crippen molar-refractivity contribution in [3.05, 3.63) is 52.1 Å². The average molecular weight is 342 g/mol. The summed E-state index contributed by atoms with van der Waals surface area (Å²) in [5.74, 6) is 0.700. The lowest BCUT2D eigenvalue weighted by Gasteiger charge is -2.15. The molecule has 1 N–H and O–H groups in total. The summed E-state index contributed by atoms with van der Waals surface area (Å²) in [5, 5.41) is 7.20. The Bertz CT molecular complexity index is 814. The molecule has 1 aliphatic rings. The summed E-state index contributed by atoms with van der Waals surface area (Å²) in [6.45, 7) is 4.44. The van der Waals surface area contributed by atoms with Crippen molar-refractivity contribution in [1.29, 1.82) is 0 Å².